The van der Waals surface area contributed by atoms with E-state index in [-0.39, 0.29) is 17.7 Å². The monoisotopic (exact) mass is 259 g/mol. The van der Waals surface area contributed by atoms with Crippen molar-refractivity contribution in [1.82, 2.24) is 4.90 Å². The van der Waals surface area contributed by atoms with Crippen molar-refractivity contribution in [3.63, 3.8) is 0 Å². The number of allylic oxidation sites excluding steroid dienone is 2. The van der Waals surface area contributed by atoms with Crippen LogP contribution in [-0.2, 0) is 4.79 Å². The van der Waals surface area contributed by atoms with Crippen molar-refractivity contribution >= 4 is 5.91 Å². The molecule has 3 nitrogen and oxygen atoms in total. The molecule has 2 atom stereocenters. The second-order valence-corrected chi connectivity index (χ2v) is 5.24. The van der Waals surface area contributed by atoms with Gasteiger partial charge in [-0.15, -0.1) is 0 Å². The van der Waals surface area contributed by atoms with Gasteiger partial charge in [0.25, 0.3) is 0 Å². The number of hydrogen-bond donors (Lipinski definition) is 1. The third-order valence-electron chi connectivity index (χ3n) is 3.90. The largest absolute Gasteiger partial charge is 0.508 e. The molecule has 0 heterocycles. The van der Waals surface area contributed by atoms with E-state index in [2.05, 4.69) is 12.2 Å². The highest BCUT2D eigenvalue weighted by Gasteiger charge is 2.21. The first kappa shape index (κ1) is 13.7. The number of rotatable bonds is 4. The molecule has 3 heteroatoms. The Morgan fingerprint density at radius 1 is 1.42 bits per heavy atom. The van der Waals surface area contributed by atoms with Gasteiger partial charge >= 0.3 is 0 Å². The fourth-order valence-corrected chi connectivity index (χ4v) is 2.43. The Morgan fingerprint density at radius 2 is 2.11 bits per heavy atom. The highest BCUT2D eigenvalue weighted by atomic mass is 16.3. The molecule has 0 saturated heterocycles. The minimum atomic E-state index is 0.0264. The number of aromatic hydroxyl groups is 1. The number of phenols is 1. The number of nitrogens with zero attached hydrogens (tertiary/aromatic N) is 1. The molecule has 1 aromatic rings. The molecular weight excluding hydrogens is 238 g/mol. The van der Waals surface area contributed by atoms with Crippen LogP contribution in [0.2, 0.25) is 0 Å². The number of amides is 1. The first-order valence-electron chi connectivity index (χ1n) is 6.79. The van der Waals surface area contributed by atoms with E-state index in [1.165, 1.54) is 0 Å². The molecule has 1 N–H and O–H groups in total. The Morgan fingerprint density at radius 3 is 2.68 bits per heavy atom. The van der Waals surface area contributed by atoms with Gasteiger partial charge in [0.1, 0.15) is 5.75 Å². The lowest BCUT2D eigenvalue weighted by atomic mass is 10.0. The summed E-state index contributed by atoms with van der Waals surface area (Å²) in [4.78, 5) is 14.0. The molecule has 1 aliphatic carbocycles. The predicted octanol–water partition coefficient (Wildman–Crippen LogP) is 3.27. The van der Waals surface area contributed by atoms with Gasteiger partial charge in [-0.1, -0.05) is 24.3 Å². The maximum absolute atomic E-state index is 12.2. The minimum Gasteiger partial charge on any atom is -0.508 e. The smallest absolute Gasteiger partial charge is 0.223 e. The second kappa shape index (κ2) is 5.91. The van der Waals surface area contributed by atoms with Crippen molar-refractivity contribution in [1.29, 1.82) is 0 Å². The van der Waals surface area contributed by atoms with Crippen LogP contribution in [0.3, 0.4) is 0 Å². The van der Waals surface area contributed by atoms with Crippen LogP contribution in [0.4, 0.5) is 0 Å². The lowest BCUT2D eigenvalue weighted by Crippen LogP contribution is -2.30. The summed E-state index contributed by atoms with van der Waals surface area (Å²) in [7, 11) is 1.85. The Labute approximate surface area is 114 Å². The van der Waals surface area contributed by atoms with Crippen LogP contribution < -0.4 is 0 Å². The summed E-state index contributed by atoms with van der Waals surface area (Å²) in [5.41, 5.74) is 1.04. The second-order valence-electron chi connectivity index (χ2n) is 5.24. The summed E-state index contributed by atoms with van der Waals surface area (Å²) in [5, 5.41) is 9.29. The molecule has 0 fully saturated rings. The average Bonchev–Trinajstić information content (AvgIpc) is 2.90. The Kier molecular flexibility index (Phi) is 4.25. The van der Waals surface area contributed by atoms with E-state index < -0.39 is 0 Å². The van der Waals surface area contributed by atoms with Gasteiger partial charge in [-0.2, -0.15) is 0 Å². The number of hydrogen-bond acceptors (Lipinski definition) is 2. The number of carbonyl (C=O) groups is 1. The first-order valence-corrected chi connectivity index (χ1v) is 6.79. The molecule has 2 rings (SSSR count). The molecule has 1 amide bonds. The zero-order valence-corrected chi connectivity index (χ0v) is 11.5. The summed E-state index contributed by atoms with van der Waals surface area (Å²) in [6, 6.07) is 7.06. The molecule has 19 heavy (non-hydrogen) atoms. The van der Waals surface area contributed by atoms with Crippen molar-refractivity contribution in [2.24, 2.45) is 5.92 Å². The summed E-state index contributed by atoms with van der Waals surface area (Å²) < 4.78 is 0. The van der Waals surface area contributed by atoms with E-state index in [0.717, 1.165) is 18.4 Å². The third-order valence-corrected chi connectivity index (χ3v) is 3.90. The Balaban J connectivity index is 1.97. The fourth-order valence-electron chi connectivity index (χ4n) is 2.43. The molecule has 0 radical (unpaired) electrons. The van der Waals surface area contributed by atoms with Gasteiger partial charge in [0.15, 0.2) is 0 Å². The SMILES string of the molecule is CC(c1ccc(O)cc1)N(C)C(=O)CC1C=CCC1. The van der Waals surface area contributed by atoms with E-state index >= 15 is 0 Å². The maximum Gasteiger partial charge on any atom is 0.223 e. The third kappa shape index (κ3) is 3.37. The molecule has 0 aromatic heterocycles. The van der Waals surface area contributed by atoms with Crippen LogP contribution in [0.25, 0.3) is 0 Å². The molecule has 1 aromatic carbocycles. The van der Waals surface area contributed by atoms with Gasteiger partial charge in [0.2, 0.25) is 5.91 Å². The number of phenolic OH excluding ortho intramolecular Hbond substituents is 1. The van der Waals surface area contributed by atoms with Crippen molar-refractivity contribution in [2.75, 3.05) is 7.05 Å². The van der Waals surface area contributed by atoms with Gasteiger partial charge in [-0.05, 0) is 43.4 Å². The molecule has 0 bridgehead atoms. The molecule has 1 aliphatic rings. The summed E-state index contributed by atoms with van der Waals surface area (Å²) >= 11 is 0. The van der Waals surface area contributed by atoms with Crippen LogP contribution in [-0.4, -0.2) is 23.0 Å². The van der Waals surface area contributed by atoms with E-state index in [1.807, 2.05) is 26.1 Å². The summed E-state index contributed by atoms with van der Waals surface area (Å²) in [6.07, 6.45) is 7.08. The van der Waals surface area contributed by atoms with Gasteiger partial charge in [-0.25, -0.2) is 0 Å². The summed E-state index contributed by atoms with van der Waals surface area (Å²) in [6.45, 7) is 2.01. The predicted molar refractivity (Wildman–Crippen MR) is 75.8 cm³/mol. The van der Waals surface area contributed by atoms with E-state index in [9.17, 15) is 9.90 Å². The lowest BCUT2D eigenvalue weighted by molar-refractivity contribution is -0.132. The standard InChI is InChI=1S/C16H21NO2/c1-12(14-7-9-15(18)10-8-14)17(2)16(19)11-13-5-3-4-6-13/h3,5,7-10,12-13,18H,4,6,11H2,1-2H3. The van der Waals surface area contributed by atoms with Crippen LogP contribution >= 0.6 is 0 Å². The zero-order chi connectivity index (χ0) is 13.8. The maximum atomic E-state index is 12.2. The highest BCUT2D eigenvalue weighted by Crippen LogP contribution is 2.25. The van der Waals surface area contributed by atoms with E-state index in [0.29, 0.717) is 12.3 Å². The number of carbonyl (C=O) groups excluding carboxylic acids is 1. The van der Waals surface area contributed by atoms with Crippen molar-refractivity contribution in [3.8, 4) is 5.75 Å². The van der Waals surface area contributed by atoms with Crippen LogP contribution in [0.15, 0.2) is 36.4 Å². The topological polar surface area (TPSA) is 40.5 Å². The van der Waals surface area contributed by atoms with E-state index in [1.54, 1.807) is 17.0 Å². The van der Waals surface area contributed by atoms with Crippen molar-refractivity contribution in [3.05, 3.63) is 42.0 Å². The highest BCUT2D eigenvalue weighted by molar-refractivity contribution is 5.77. The Hall–Kier alpha value is -1.77. The van der Waals surface area contributed by atoms with Crippen LogP contribution in [0.1, 0.15) is 37.8 Å². The molecule has 102 valence electrons. The van der Waals surface area contributed by atoms with Gasteiger partial charge in [0.05, 0.1) is 6.04 Å². The fraction of sp³-hybridized carbons (Fsp3) is 0.438. The molecule has 0 spiro atoms. The van der Waals surface area contributed by atoms with E-state index in [4.69, 9.17) is 0 Å². The zero-order valence-electron chi connectivity index (χ0n) is 11.5. The first-order chi connectivity index (χ1) is 9.08. The summed E-state index contributed by atoms with van der Waals surface area (Å²) in [5.74, 6) is 0.833. The quantitative estimate of drug-likeness (QED) is 0.843. The van der Waals surface area contributed by atoms with Crippen molar-refractivity contribution in [2.45, 2.75) is 32.2 Å². The lowest BCUT2D eigenvalue weighted by Gasteiger charge is -2.26. The molecule has 0 saturated carbocycles. The van der Waals surface area contributed by atoms with Crippen molar-refractivity contribution < 1.29 is 9.90 Å². The number of benzene rings is 1. The normalized spacial score (nSPS) is 19.4. The van der Waals surface area contributed by atoms with Gasteiger partial charge in [-0.3, -0.25) is 4.79 Å². The van der Waals surface area contributed by atoms with Crippen LogP contribution in [0, 0.1) is 5.92 Å². The van der Waals surface area contributed by atoms with Gasteiger partial charge < -0.3 is 10.0 Å². The minimum absolute atomic E-state index is 0.0264. The molecular formula is C16H21NO2. The van der Waals surface area contributed by atoms with Gasteiger partial charge in [0, 0.05) is 13.5 Å². The van der Waals surface area contributed by atoms with Crippen LogP contribution in [0.5, 0.6) is 5.75 Å². The molecule has 0 aliphatic heterocycles. The average molecular weight is 259 g/mol. The Bertz CT molecular complexity index is 464. The molecule has 2 unspecified atom stereocenters.